The molecular formula is C15H22ClNO4. The first-order chi connectivity index (χ1) is 9.92. The SMILES string of the molecule is COc1cc(OC)c(C(=O)NC(C)CC(C)Cl)cc1OC. The van der Waals surface area contributed by atoms with Crippen molar-refractivity contribution < 1.29 is 19.0 Å². The average Bonchev–Trinajstić information content (AvgIpc) is 2.44. The second kappa shape index (κ2) is 7.98. The van der Waals surface area contributed by atoms with Crippen LogP contribution in [0.15, 0.2) is 12.1 Å². The lowest BCUT2D eigenvalue weighted by atomic mass is 10.1. The largest absolute Gasteiger partial charge is 0.496 e. The lowest BCUT2D eigenvalue weighted by molar-refractivity contribution is 0.0935. The van der Waals surface area contributed by atoms with Crippen molar-refractivity contribution in [2.24, 2.45) is 0 Å². The Kier molecular flexibility index (Phi) is 6.62. The summed E-state index contributed by atoms with van der Waals surface area (Å²) in [4.78, 5) is 12.4. The van der Waals surface area contributed by atoms with Crippen LogP contribution >= 0.6 is 11.6 Å². The first-order valence-corrected chi connectivity index (χ1v) is 7.11. The van der Waals surface area contributed by atoms with Crippen LogP contribution < -0.4 is 19.5 Å². The Labute approximate surface area is 130 Å². The number of amides is 1. The molecule has 5 nitrogen and oxygen atoms in total. The second-order valence-electron chi connectivity index (χ2n) is 4.80. The van der Waals surface area contributed by atoms with E-state index < -0.39 is 0 Å². The van der Waals surface area contributed by atoms with Crippen LogP contribution in [0.4, 0.5) is 0 Å². The van der Waals surface area contributed by atoms with Crippen LogP contribution in [0.3, 0.4) is 0 Å². The minimum Gasteiger partial charge on any atom is -0.496 e. The number of halogens is 1. The maximum absolute atomic E-state index is 12.4. The molecule has 0 aliphatic carbocycles. The van der Waals surface area contributed by atoms with Crippen LogP contribution in [0, 0.1) is 0 Å². The van der Waals surface area contributed by atoms with Gasteiger partial charge in [-0.05, 0) is 20.3 Å². The van der Waals surface area contributed by atoms with Gasteiger partial charge in [0.15, 0.2) is 11.5 Å². The van der Waals surface area contributed by atoms with E-state index in [1.54, 1.807) is 12.1 Å². The summed E-state index contributed by atoms with van der Waals surface area (Å²) in [5, 5.41) is 2.88. The Balaban J connectivity index is 3.02. The first kappa shape index (κ1) is 17.4. The molecule has 6 heteroatoms. The number of benzene rings is 1. The van der Waals surface area contributed by atoms with Crippen LogP contribution in [0.2, 0.25) is 0 Å². The Morgan fingerprint density at radius 1 is 1.10 bits per heavy atom. The van der Waals surface area contributed by atoms with Crippen molar-refractivity contribution in [1.29, 1.82) is 0 Å². The van der Waals surface area contributed by atoms with Crippen molar-refractivity contribution in [1.82, 2.24) is 5.32 Å². The third kappa shape index (κ3) is 4.70. The molecular weight excluding hydrogens is 294 g/mol. The molecule has 0 heterocycles. The molecule has 0 aliphatic heterocycles. The fraction of sp³-hybridized carbons (Fsp3) is 0.533. The van der Waals surface area contributed by atoms with Gasteiger partial charge in [0.05, 0.1) is 26.9 Å². The van der Waals surface area contributed by atoms with Crippen LogP contribution in [-0.4, -0.2) is 38.7 Å². The van der Waals surface area contributed by atoms with E-state index in [9.17, 15) is 4.79 Å². The van der Waals surface area contributed by atoms with Gasteiger partial charge in [-0.2, -0.15) is 0 Å². The Bertz CT molecular complexity index is 491. The summed E-state index contributed by atoms with van der Waals surface area (Å²) in [5.74, 6) is 1.17. The van der Waals surface area contributed by atoms with Gasteiger partial charge in [0.2, 0.25) is 0 Å². The molecule has 1 N–H and O–H groups in total. The third-order valence-electron chi connectivity index (χ3n) is 3.01. The molecule has 0 aromatic heterocycles. The standard InChI is InChI=1S/C15H22ClNO4/c1-9(16)6-10(2)17-15(18)11-7-13(20-4)14(21-5)8-12(11)19-3/h7-10H,6H2,1-5H3,(H,17,18). The maximum atomic E-state index is 12.4. The van der Waals surface area contributed by atoms with Crippen molar-refractivity contribution in [2.45, 2.75) is 31.7 Å². The van der Waals surface area contributed by atoms with E-state index in [2.05, 4.69) is 5.32 Å². The zero-order valence-corrected chi connectivity index (χ0v) is 13.8. The summed E-state index contributed by atoms with van der Waals surface area (Å²) < 4.78 is 15.7. The van der Waals surface area contributed by atoms with Gasteiger partial charge in [0.25, 0.3) is 5.91 Å². The van der Waals surface area contributed by atoms with Crippen molar-refractivity contribution in [3.8, 4) is 17.2 Å². The van der Waals surface area contributed by atoms with Crippen LogP contribution in [0.1, 0.15) is 30.6 Å². The molecule has 1 aromatic rings. The molecule has 1 amide bonds. The third-order valence-corrected chi connectivity index (χ3v) is 3.18. The second-order valence-corrected chi connectivity index (χ2v) is 5.54. The summed E-state index contributed by atoms with van der Waals surface area (Å²) >= 11 is 5.94. The summed E-state index contributed by atoms with van der Waals surface area (Å²) in [6.07, 6.45) is 0.683. The minimum absolute atomic E-state index is 0.00685. The number of carbonyl (C=O) groups excluding carboxylic acids is 1. The molecule has 118 valence electrons. The van der Waals surface area contributed by atoms with E-state index in [-0.39, 0.29) is 17.3 Å². The molecule has 0 bridgehead atoms. The molecule has 0 saturated carbocycles. The highest BCUT2D eigenvalue weighted by molar-refractivity contribution is 6.20. The van der Waals surface area contributed by atoms with E-state index in [1.165, 1.54) is 21.3 Å². The highest BCUT2D eigenvalue weighted by Crippen LogP contribution is 2.34. The van der Waals surface area contributed by atoms with Crippen LogP contribution in [0.5, 0.6) is 17.2 Å². The maximum Gasteiger partial charge on any atom is 0.255 e. The van der Waals surface area contributed by atoms with E-state index >= 15 is 0 Å². The Hall–Kier alpha value is -1.62. The minimum atomic E-state index is -0.238. The first-order valence-electron chi connectivity index (χ1n) is 6.67. The lowest BCUT2D eigenvalue weighted by Crippen LogP contribution is -2.34. The van der Waals surface area contributed by atoms with Gasteiger partial charge >= 0.3 is 0 Å². The Morgan fingerprint density at radius 2 is 1.62 bits per heavy atom. The van der Waals surface area contributed by atoms with E-state index in [0.717, 1.165) is 0 Å². The summed E-state index contributed by atoms with van der Waals surface area (Å²) in [7, 11) is 4.55. The fourth-order valence-corrected chi connectivity index (χ4v) is 2.32. The van der Waals surface area contributed by atoms with Crippen molar-refractivity contribution in [3.63, 3.8) is 0 Å². The Morgan fingerprint density at radius 3 is 2.10 bits per heavy atom. The van der Waals surface area contributed by atoms with Gasteiger partial charge in [-0.25, -0.2) is 0 Å². The van der Waals surface area contributed by atoms with E-state index in [0.29, 0.717) is 29.2 Å². The molecule has 2 unspecified atom stereocenters. The monoisotopic (exact) mass is 315 g/mol. The number of nitrogens with one attached hydrogen (secondary N) is 1. The summed E-state index contributed by atoms with van der Waals surface area (Å²) in [6.45, 7) is 3.80. The molecule has 0 spiro atoms. The molecule has 21 heavy (non-hydrogen) atoms. The molecule has 0 saturated heterocycles. The molecule has 0 aliphatic rings. The van der Waals surface area contributed by atoms with Crippen LogP contribution in [-0.2, 0) is 0 Å². The number of carbonyl (C=O) groups is 1. The van der Waals surface area contributed by atoms with Gasteiger partial charge in [-0.15, -0.1) is 11.6 Å². The summed E-state index contributed by atoms with van der Waals surface area (Å²) in [6, 6.07) is 3.19. The van der Waals surface area contributed by atoms with E-state index in [1.807, 2.05) is 13.8 Å². The van der Waals surface area contributed by atoms with Gasteiger partial charge in [-0.1, -0.05) is 0 Å². The van der Waals surface area contributed by atoms with Crippen molar-refractivity contribution in [3.05, 3.63) is 17.7 Å². The predicted octanol–water partition coefficient (Wildman–Crippen LogP) is 2.85. The number of alkyl halides is 1. The summed E-state index contributed by atoms with van der Waals surface area (Å²) in [5.41, 5.74) is 0.393. The molecule has 1 rings (SSSR count). The number of hydrogen-bond donors (Lipinski definition) is 1. The van der Waals surface area contributed by atoms with Gasteiger partial charge < -0.3 is 19.5 Å². The number of rotatable bonds is 7. The molecule has 0 radical (unpaired) electrons. The number of hydrogen-bond acceptors (Lipinski definition) is 4. The number of ether oxygens (including phenoxy) is 3. The quantitative estimate of drug-likeness (QED) is 0.786. The van der Waals surface area contributed by atoms with Crippen molar-refractivity contribution >= 4 is 17.5 Å². The predicted molar refractivity (Wildman–Crippen MR) is 83.0 cm³/mol. The smallest absolute Gasteiger partial charge is 0.255 e. The lowest BCUT2D eigenvalue weighted by Gasteiger charge is -2.17. The van der Waals surface area contributed by atoms with Crippen molar-refractivity contribution in [2.75, 3.05) is 21.3 Å². The highest BCUT2D eigenvalue weighted by Gasteiger charge is 2.19. The van der Waals surface area contributed by atoms with Gasteiger partial charge in [0, 0.05) is 23.6 Å². The van der Waals surface area contributed by atoms with Gasteiger partial charge in [-0.3, -0.25) is 4.79 Å². The average molecular weight is 316 g/mol. The van der Waals surface area contributed by atoms with Crippen LogP contribution in [0.25, 0.3) is 0 Å². The zero-order chi connectivity index (χ0) is 16.0. The molecule has 0 fully saturated rings. The zero-order valence-electron chi connectivity index (χ0n) is 13.0. The number of methoxy groups -OCH3 is 3. The fourth-order valence-electron chi connectivity index (χ4n) is 2.05. The molecule has 1 aromatic carbocycles. The highest BCUT2D eigenvalue weighted by atomic mass is 35.5. The van der Waals surface area contributed by atoms with E-state index in [4.69, 9.17) is 25.8 Å². The molecule has 2 atom stereocenters. The topological polar surface area (TPSA) is 56.8 Å². The van der Waals surface area contributed by atoms with Gasteiger partial charge in [0.1, 0.15) is 5.75 Å². The normalized spacial score (nSPS) is 13.2.